The Hall–Kier alpha value is -2.87. The quantitative estimate of drug-likeness (QED) is 0.471. The second kappa shape index (κ2) is 9.36. The highest BCUT2D eigenvalue weighted by Gasteiger charge is 2.13. The molecule has 5 nitrogen and oxygen atoms in total. The lowest BCUT2D eigenvalue weighted by Crippen LogP contribution is -2.15. The Kier molecular flexibility index (Phi) is 6.65. The average molecular weight is 486 g/mol. The molecule has 3 aromatic carbocycles. The van der Waals surface area contributed by atoms with Crippen molar-refractivity contribution in [2.45, 2.75) is 6.92 Å². The van der Waals surface area contributed by atoms with Crippen molar-refractivity contribution in [1.82, 2.24) is 0 Å². The summed E-state index contributed by atoms with van der Waals surface area (Å²) in [4.78, 5) is 25.1. The van der Waals surface area contributed by atoms with Crippen molar-refractivity contribution < 1.29 is 14.3 Å². The Morgan fingerprint density at radius 3 is 2.43 bits per heavy atom. The summed E-state index contributed by atoms with van der Waals surface area (Å²) < 4.78 is 6.40. The maximum atomic E-state index is 12.7. The van der Waals surface area contributed by atoms with Gasteiger partial charge in [0.15, 0.2) is 0 Å². The molecule has 0 fully saturated rings. The number of ether oxygens (including phenoxy) is 1. The molecule has 0 atom stereocenters. The SMILES string of the molecule is CCOc1ccccc1NC(=O)c1cccc(NC(=O)c2ccccc2I)c1. The predicted molar refractivity (Wildman–Crippen MR) is 119 cm³/mol. The van der Waals surface area contributed by atoms with E-state index in [-0.39, 0.29) is 11.8 Å². The molecule has 2 N–H and O–H groups in total. The molecule has 6 heteroatoms. The summed E-state index contributed by atoms with van der Waals surface area (Å²) in [6.45, 7) is 2.39. The molecular weight excluding hydrogens is 467 g/mol. The first-order valence-electron chi connectivity index (χ1n) is 8.77. The molecule has 0 aliphatic rings. The van der Waals surface area contributed by atoms with Crippen molar-refractivity contribution in [3.8, 4) is 5.75 Å². The highest BCUT2D eigenvalue weighted by molar-refractivity contribution is 14.1. The van der Waals surface area contributed by atoms with Crippen molar-refractivity contribution in [3.63, 3.8) is 0 Å². The van der Waals surface area contributed by atoms with Crippen LogP contribution in [0.3, 0.4) is 0 Å². The third kappa shape index (κ3) is 4.89. The van der Waals surface area contributed by atoms with Crippen LogP contribution in [0.2, 0.25) is 0 Å². The van der Waals surface area contributed by atoms with Gasteiger partial charge in [0, 0.05) is 14.8 Å². The molecule has 0 aromatic heterocycles. The number of amides is 2. The summed E-state index contributed by atoms with van der Waals surface area (Å²) in [5.74, 6) is 0.114. The monoisotopic (exact) mass is 486 g/mol. The first-order valence-corrected chi connectivity index (χ1v) is 9.85. The van der Waals surface area contributed by atoms with E-state index in [0.717, 1.165) is 3.57 Å². The third-order valence-corrected chi connectivity index (χ3v) is 4.88. The Bertz CT molecular complexity index is 1000. The number of para-hydroxylation sites is 2. The van der Waals surface area contributed by atoms with Gasteiger partial charge in [0.25, 0.3) is 11.8 Å². The van der Waals surface area contributed by atoms with Gasteiger partial charge in [-0.2, -0.15) is 0 Å². The lowest BCUT2D eigenvalue weighted by Gasteiger charge is -2.12. The molecule has 0 saturated heterocycles. The molecule has 2 amide bonds. The first-order chi connectivity index (χ1) is 13.6. The maximum absolute atomic E-state index is 12.7. The maximum Gasteiger partial charge on any atom is 0.256 e. The summed E-state index contributed by atoms with van der Waals surface area (Å²) >= 11 is 2.12. The predicted octanol–water partition coefficient (Wildman–Crippen LogP) is 5.19. The van der Waals surface area contributed by atoms with E-state index in [1.807, 2.05) is 37.3 Å². The van der Waals surface area contributed by atoms with Crippen LogP contribution < -0.4 is 15.4 Å². The van der Waals surface area contributed by atoms with E-state index in [4.69, 9.17) is 4.74 Å². The average Bonchev–Trinajstić information content (AvgIpc) is 2.70. The molecule has 0 spiro atoms. The molecular formula is C22H19IN2O3. The Morgan fingerprint density at radius 2 is 1.64 bits per heavy atom. The normalized spacial score (nSPS) is 10.2. The van der Waals surface area contributed by atoms with Gasteiger partial charge in [-0.05, 0) is 72.0 Å². The van der Waals surface area contributed by atoms with Gasteiger partial charge in [-0.1, -0.05) is 30.3 Å². The largest absolute Gasteiger partial charge is 0.492 e. The second-order valence-corrected chi connectivity index (χ2v) is 7.06. The van der Waals surface area contributed by atoms with Gasteiger partial charge in [-0.15, -0.1) is 0 Å². The van der Waals surface area contributed by atoms with Crippen LogP contribution in [0.5, 0.6) is 5.75 Å². The number of anilines is 2. The van der Waals surface area contributed by atoms with Crippen LogP contribution in [-0.2, 0) is 0 Å². The zero-order valence-corrected chi connectivity index (χ0v) is 17.4. The van der Waals surface area contributed by atoms with Gasteiger partial charge in [0.1, 0.15) is 5.75 Å². The topological polar surface area (TPSA) is 67.4 Å². The van der Waals surface area contributed by atoms with E-state index in [1.54, 1.807) is 42.5 Å². The van der Waals surface area contributed by atoms with Gasteiger partial charge in [-0.3, -0.25) is 9.59 Å². The summed E-state index contributed by atoms with van der Waals surface area (Å²) in [5.41, 5.74) is 2.17. The third-order valence-electron chi connectivity index (χ3n) is 3.94. The molecule has 0 saturated carbocycles. The van der Waals surface area contributed by atoms with E-state index in [2.05, 4.69) is 33.2 Å². The Morgan fingerprint density at radius 1 is 0.893 bits per heavy atom. The zero-order valence-electron chi connectivity index (χ0n) is 15.2. The number of nitrogens with one attached hydrogen (secondary N) is 2. The minimum atomic E-state index is -0.280. The number of hydrogen-bond donors (Lipinski definition) is 2. The fraction of sp³-hybridized carbons (Fsp3) is 0.0909. The van der Waals surface area contributed by atoms with Crippen LogP contribution in [0.1, 0.15) is 27.6 Å². The highest BCUT2D eigenvalue weighted by Crippen LogP contribution is 2.24. The molecule has 0 aliphatic carbocycles. The molecule has 0 bridgehead atoms. The highest BCUT2D eigenvalue weighted by atomic mass is 127. The van der Waals surface area contributed by atoms with E-state index >= 15 is 0 Å². The lowest BCUT2D eigenvalue weighted by atomic mass is 10.1. The fourth-order valence-electron chi connectivity index (χ4n) is 2.63. The lowest BCUT2D eigenvalue weighted by molar-refractivity contribution is 0.101. The smallest absolute Gasteiger partial charge is 0.256 e. The van der Waals surface area contributed by atoms with Crippen LogP contribution in [0.25, 0.3) is 0 Å². The van der Waals surface area contributed by atoms with E-state index in [0.29, 0.717) is 34.9 Å². The van der Waals surface area contributed by atoms with E-state index < -0.39 is 0 Å². The molecule has 0 radical (unpaired) electrons. The van der Waals surface area contributed by atoms with Gasteiger partial charge in [-0.25, -0.2) is 0 Å². The molecule has 0 aliphatic heterocycles. The van der Waals surface area contributed by atoms with Crippen LogP contribution in [-0.4, -0.2) is 18.4 Å². The number of halogens is 1. The number of benzene rings is 3. The summed E-state index contributed by atoms with van der Waals surface area (Å²) in [6, 6.07) is 21.4. The van der Waals surface area contributed by atoms with Crippen LogP contribution in [0.15, 0.2) is 72.8 Å². The molecule has 3 aromatic rings. The van der Waals surface area contributed by atoms with Crippen molar-refractivity contribution in [2.24, 2.45) is 0 Å². The van der Waals surface area contributed by atoms with E-state index in [1.165, 1.54) is 0 Å². The van der Waals surface area contributed by atoms with Crippen LogP contribution in [0.4, 0.5) is 11.4 Å². The van der Waals surface area contributed by atoms with Crippen LogP contribution >= 0.6 is 22.6 Å². The van der Waals surface area contributed by atoms with Crippen molar-refractivity contribution in [2.75, 3.05) is 17.2 Å². The van der Waals surface area contributed by atoms with Gasteiger partial charge >= 0.3 is 0 Å². The van der Waals surface area contributed by atoms with Crippen LogP contribution in [0, 0.1) is 3.57 Å². The standard InChI is InChI=1S/C22H19IN2O3/c1-2-28-20-13-6-5-12-19(20)25-21(26)15-8-7-9-16(14-15)24-22(27)17-10-3-4-11-18(17)23/h3-14H,2H2,1H3,(H,24,27)(H,25,26). The molecule has 142 valence electrons. The van der Waals surface area contributed by atoms with Crippen molar-refractivity contribution in [3.05, 3.63) is 87.5 Å². The summed E-state index contributed by atoms with van der Waals surface area (Å²) in [6.07, 6.45) is 0. The molecule has 3 rings (SSSR count). The second-order valence-electron chi connectivity index (χ2n) is 5.90. The number of carbonyl (C=O) groups is 2. The Balaban J connectivity index is 1.75. The zero-order chi connectivity index (χ0) is 19.9. The van der Waals surface area contributed by atoms with Gasteiger partial charge in [0.2, 0.25) is 0 Å². The Labute approximate surface area is 177 Å². The summed E-state index contributed by atoms with van der Waals surface area (Å²) in [5, 5.41) is 5.70. The van der Waals surface area contributed by atoms with Crippen molar-refractivity contribution in [1.29, 1.82) is 0 Å². The number of rotatable bonds is 6. The summed E-state index contributed by atoms with van der Waals surface area (Å²) in [7, 11) is 0. The first kappa shape index (κ1) is 19.9. The minimum Gasteiger partial charge on any atom is -0.492 e. The molecule has 28 heavy (non-hydrogen) atoms. The fourth-order valence-corrected chi connectivity index (χ4v) is 3.26. The van der Waals surface area contributed by atoms with E-state index in [9.17, 15) is 9.59 Å². The number of carbonyl (C=O) groups excluding carboxylic acids is 2. The molecule has 0 unspecified atom stereocenters. The van der Waals surface area contributed by atoms with Crippen molar-refractivity contribution >= 4 is 45.8 Å². The molecule has 0 heterocycles. The van der Waals surface area contributed by atoms with Gasteiger partial charge < -0.3 is 15.4 Å². The number of hydrogen-bond acceptors (Lipinski definition) is 3. The minimum absolute atomic E-state index is 0.218. The van der Waals surface area contributed by atoms with Gasteiger partial charge in [0.05, 0.1) is 17.9 Å².